The van der Waals surface area contributed by atoms with Gasteiger partial charge in [-0.2, -0.15) is 0 Å². The molecule has 17 heavy (non-hydrogen) atoms. The number of carboxylic acid groups (broad SMARTS) is 1. The Bertz CT molecular complexity index is 302. The molecular weight excluding hydrogens is 224 g/mol. The normalized spacial score (nSPS) is 10.2. The van der Waals surface area contributed by atoms with E-state index >= 15 is 0 Å². The van der Waals surface area contributed by atoms with Crippen molar-refractivity contribution in [1.29, 1.82) is 0 Å². The largest absolute Gasteiger partial charge is 0.480 e. The van der Waals surface area contributed by atoms with Gasteiger partial charge in [-0.25, -0.2) is 0 Å². The predicted octanol–water partition coefficient (Wildman–Crippen LogP) is 0.0339. The number of amides is 2. The van der Waals surface area contributed by atoms with Gasteiger partial charge >= 0.3 is 5.97 Å². The van der Waals surface area contributed by atoms with Gasteiger partial charge in [0.2, 0.25) is 11.8 Å². The molecule has 0 aromatic rings. The summed E-state index contributed by atoms with van der Waals surface area (Å²) in [7, 11) is 1.51. The molecule has 6 nitrogen and oxygen atoms in total. The van der Waals surface area contributed by atoms with Crippen molar-refractivity contribution in [2.24, 2.45) is 5.92 Å². The van der Waals surface area contributed by atoms with Gasteiger partial charge in [0.05, 0.1) is 6.54 Å². The van der Waals surface area contributed by atoms with Crippen LogP contribution in [0.25, 0.3) is 0 Å². The van der Waals surface area contributed by atoms with E-state index in [-0.39, 0.29) is 30.8 Å². The molecule has 98 valence electrons. The average molecular weight is 244 g/mol. The molecule has 1 N–H and O–H groups in total. The van der Waals surface area contributed by atoms with Crippen LogP contribution in [0.1, 0.15) is 20.8 Å². The zero-order valence-electron chi connectivity index (χ0n) is 10.8. The first-order valence-electron chi connectivity index (χ1n) is 5.45. The Morgan fingerprint density at radius 3 is 2.06 bits per heavy atom. The molecule has 2 amide bonds. The smallest absolute Gasteiger partial charge is 0.323 e. The molecule has 0 atom stereocenters. The van der Waals surface area contributed by atoms with Crippen LogP contribution < -0.4 is 0 Å². The summed E-state index contributed by atoms with van der Waals surface area (Å²) in [5, 5.41) is 8.71. The van der Waals surface area contributed by atoms with Crippen LogP contribution in [0.2, 0.25) is 0 Å². The maximum absolute atomic E-state index is 11.8. The van der Waals surface area contributed by atoms with Gasteiger partial charge in [0.25, 0.3) is 0 Å². The van der Waals surface area contributed by atoms with E-state index in [4.69, 9.17) is 5.11 Å². The second-order valence-corrected chi connectivity index (χ2v) is 4.44. The lowest BCUT2D eigenvalue weighted by Gasteiger charge is -2.25. The Kier molecular flexibility index (Phi) is 6.23. The highest BCUT2D eigenvalue weighted by Gasteiger charge is 2.19. The summed E-state index contributed by atoms with van der Waals surface area (Å²) in [5.74, 6) is -1.44. The minimum atomic E-state index is -1.05. The highest BCUT2D eigenvalue weighted by Crippen LogP contribution is 2.00. The van der Waals surface area contributed by atoms with Crippen LogP contribution in [-0.2, 0) is 14.4 Å². The minimum absolute atomic E-state index is 0.0880. The van der Waals surface area contributed by atoms with Gasteiger partial charge in [0.1, 0.15) is 6.54 Å². The Labute approximate surface area is 101 Å². The fourth-order valence-electron chi connectivity index (χ4n) is 1.27. The lowest BCUT2D eigenvalue weighted by molar-refractivity contribution is -0.146. The number of rotatable bonds is 6. The lowest BCUT2D eigenvalue weighted by Crippen LogP contribution is -2.44. The third-order valence-corrected chi connectivity index (χ3v) is 2.17. The third-order valence-electron chi connectivity index (χ3n) is 2.17. The number of hydrogen-bond acceptors (Lipinski definition) is 3. The summed E-state index contributed by atoms with van der Waals surface area (Å²) in [6.45, 7) is 5.11. The molecule has 0 saturated carbocycles. The molecule has 0 unspecified atom stereocenters. The molecule has 0 aliphatic rings. The zero-order chi connectivity index (χ0) is 13.6. The van der Waals surface area contributed by atoms with Crippen LogP contribution in [0.15, 0.2) is 0 Å². The van der Waals surface area contributed by atoms with Crippen molar-refractivity contribution >= 4 is 17.8 Å². The van der Waals surface area contributed by atoms with E-state index in [1.165, 1.54) is 23.8 Å². The van der Waals surface area contributed by atoms with Gasteiger partial charge in [-0.15, -0.1) is 0 Å². The number of aliphatic carboxylic acids is 1. The van der Waals surface area contributed by atoms with Crippen LogP contribution in [-0.4, -0.2) is 59.4 Å². The predicted molar refractivity (Wildman–Crippen MR) is 62.4 cm³/mol. The molecule has 0 fully saturated rings. The summed E-state index contributed by atoms with van der Waals surface area (Å²) in [4.78, 5) is 35.9. The van der Waals surface area contributed by atoms with E-state index < -0.39 is 5.97 Å². The van der Waals surface area contributed by atoms with Gasteiger partial charge in [-0.05, 0) is 5.92 Å². The number of likely N-dealkylation sites (N-methyl/N-ethyl adjacent to an activating group) is 1. The van der Waals surface area contributed by atoms with Crippen LogP contribution in [0.4, 0.5) is 0 Å². The number of carbonyl (C=O) groups excluding carboxylic acids is 2. The molecule has 0 aromatic heterocycles. The first-order chi connectivity index (χ1) is 7.73. The average Bonchev–Trinajstić information content (AvgIpc) is 2.14. The molecule has 0 rings (SSSR count). The fourth-order valence-corrected chi connectivity index (χ4v) is 1.27. The molecule has 0 spiro atoms. The first-order valence-corrected chi connectivity index (χ1v) is 5.45. The van der Waals surface area contributed by atoms with E-state index in [1.807, 2.05) is 13.8 Å². The summed E-state index contributed by atoms with van der Waals surface area (Å²) in [5.41, 5.74) is 0. The van der Waals surface area contributed by atoms with Gasteiger partial charge in [0.15, 0.2) is 0 Å². The van der Waals surface area contributed by atoms with Crippen LogP contribution >= 0.6 is 0 Å². The molecule has 0 heterocycles. The maximum Gasteiger partial charge on any atom is 0.323 e. The monoisotopic (exact) mass is 244 g/mol. The highest BCUT2D eigenvalue weighted by atomic mass is 16.4. The van der Waals surface area contributed by atoms with Crippen molar-refractivity contribution in [3.8, 4) is 0 Å². The Hall–Kier alpha value is -1.59. The number of carboxylic acids is 1. The number of carbonyl (C=O) groups is 3. The second-order valence-electron chi connectivity index (χ2n) is 4.44. The molecule has 0 aliphatic heterocycles. The molecule has 0 bridgehead atoms. The van der Waals surface area contributed by atoms with E-state index in [2.05, 4.69) is 0 Å². The Balaban J connectivity index is 4.51. The second kappa shape index (κ2) is 6.88. The molecule has 6 heteroatoms. The molecular formula is C11H20N2O4. The maximum atomic E-state index is 11.8. The van der Waals surface area contributed by atoms with Gasteiger partial charge in [0, 0.05) is 20.5 Å². The van der Waals surface area contributed by atoms with Gasteiger partial charge in [-0.3, -0.25) is 14.4 Å². The van der Waals surface area contributed by atoms with E-state index in [0.29, 0.717) is 6.54 Å². The van der Waals surface area contributed by atoms with Crippen molar-refractivity contribution in [3.63, 3.8) is 0 Å². The van der Waals surface area contributed by atoms with Crippen molar-refractivity contribution in [1.82, 2.24) is 9.80 Å². The fraction of sp³-hybridized carbons (Fsp3) is 0.727. The van der Waals surface area contributed by atoms with Crippen molar-refractivity contribution < 1.29 is 19.5 Å². The molecule has 0 aromatic carbocycles. The topological polar surface area (TPSA) is 77.9 Å². The quantitative estimate of drug-likeness (QED) is 0.715. The number of nitrogens with zero attached hydrogens (tertiary/aromatic N) is 2. The molecule has 0 aliphatic carbocycles. The van der Waals surface area contributed by atoms with Crippen molar-refractivity contribution in [3.05, 3.63) is 0 Å². The standard InChI is InChI=1S/C11H20N2O4/c1-8(2)5-13(7-11(16)17)10(15)6-12(4)9(3)14/h8H,5-7H2,1-4H3,(H,16,17). The lowest BCUT2D eigenvalue weighted by atomic mass is 10.2. The third kappa shape index (κ3) is 6.55. The minimum Gasteiger partial charge on any atom is -0.480 e. The molecule has 0 radical (unpaired) electrons. The summed E-state index contributed by atoms with van der Waals surface area (Å²) in [6.07, 6.45) is 0. The van der Waals surface area contributed by atoms with Gasteiger partial charge < -0.3 is 14.9 Å². The highest BCUT2D eigenvalue weighted by molar-refractivity contribution is 5.86. The van der Waals surface area contributed by atoms with E-state index in [0.717, 1.165) is 0 Å². The van der Waals surface area contributed by atoms with Crippen molar-refractivity contribution in [2.45, 2.75) is 20.8 Å². The molecule has 0 saturated heterocycles. The van der Waals surface area contributed by atoms with Crippen LogP contribution in [0, 0.1) is 5.92 Å². The Morgan fingerprint density at radius 2 is 1.71 bits per heavy atom. The zero-order valence-corrected chi connectivity index (χ0v) is 10.8. The van der Waals surface area contributed by atoms with E-state index in [9.17, 15) is 14.4 Å². The summed E-state index contributed by atoms with van der Waals surface area (Å²) in [6, 6.07) is 0. The van der Waals surface area contributed by atoms with Crippen LogP contribution in [0.5, 0.6) is 0 Å². The van der Waals surface area contributed by atoms with Gasteiger partial charge in [-0.1, -0.05) is 13.8 Å². The first kappa shape index (κ1) is 15.4. The SMILES string of the molecule is CC(=O)N(C)CC(=O)N(CC(=O)O)CC(C)C. The summed E-state index contributed by atoms with van der Waals surface area (Å²) >= 11 is 0. The van der Waals surface area contributed by atoms with Crippen molar-refractivity contribution in [2.75, 3.05) is 26.7 Å². The Morgan fingerprint density at radius 1 is 1.18 bits per heavy atom. The van der Waals surface area contributed by atoms with E-state index in [1.54, 1.807) is 0 Å². The summed E-state index contributed by atoms with van der Waals surface area (Å²) < 4.78 is 0. The van der Waals surface area contributed by atoms with Crippen LogP contribution in [0.3, 0.4) is 0 Å². The number of hydrogen-bond donors (Lipinski definition) is 1.